The van der Waals surface area contributed by atoms with Crippen LogP contribution in [0.4, 0.5) is 11.4 Å². The van der Waals surface area contributed by atoms with Crippen molar-refractivity contribution in [1.29, 1.82) is 0 Å². The molecule has 0 radical (unpaired) electrons. The third-order valence-electron chi connectivity index (χ3n) is 2.83. The molecule has 21 heavy (non-hydrogen) atoms. The molecule has 0 aliphatic heterocycles. The second-order valence-electron chi connectivity index (χ2n) is 4.69. The number of rotatable bonds is 4. The summed E-state index contributed by atoms with van der Waals surface area (Å²) in [5, 5.41) is 2.98. The fourth-order valence-corrected chi connectivity index (χ4v) is 3.40. The van der Waals surface area contributed by atoms with Crippen molar-refractivity contribution in [1.82, 2.24) is 0 Å². The van der Waals surface area contributed by atoms with Crippen LogP contribution in [0.25, 0.3) is 0 Å². The van der Waals surface area contributed by atoms with Crippen LogP contribution < -0.4 is 5.32 Å². The van der Waals surface area contributed by atoms with Gasteiger partial charge in [-0.15, -0.1) is 0 Å². The number of sulfone groups is 2. The van der Waals surface area contributed by atoms with Crippen molar-refractivity contribution >= 4 is 31.0 Å². The molecule has 0 unspecified atom stereocenters. The maximum Gasteiger partial charge on any atom is 0.177 e. The van der Waals surface area contributed by atoms with Crippen LogP contribution >= 0.6 is 0 Å². The Kier molecular flexibility index (Phi) is 4.06. The number of benzene rings is 2. The molecule has 0 aromatic heterocycles. The Balaban J connectivity index is 2.57. The van der Waals surface area contributed by atoms with Gasteiger partial charge in [0.15, 0.2) is 19.7 Å². The first kappa shape index (κ1) is 15.5. The van der Waals surface area contributed by atoms with Crippen LogP contribution in [-0.2, 0) is 19.7 Å². The molecule has 5 nitrogen and oxygen atoms in total. The van der Waals surface area contributed by atoms with Crippen LogP contribution in [0.2, 0.25) is 0 Å². The van der Waals surface area contributed by atoms with Crippen LogP contribution in [-0.4, -0.2) is 29.3 Å². The minimum atomic E-state index is -3.56. The van der Waals surface area contributed by atoms with Gasteiger partial charge in [0.2, 0.25) is 0 Å². The normalized spacial score (nSPS) is 12.1. The van der Waals surface area contributed by atoms with Crippen molar-refractivity contribution in [2.75, 3.05) is 17.8 Å². The van der Waals surface area contributed by atoms with Crippen molar-refractivity contribution in [3.63, 3.8) is 0 Å². The molecule has 0 fully saturated rings. The average molecular weight is 325 g/mol. The molecule has 0 aliphatic rings. The lowest BCUT2D eigenvalue weighted by molar-refractivity contribution is 0.600. The Labute approximate surface area is 124 Å². The lowest BCUT2D eigenvalue weighted by atomic mass is 10.2. The fraction of sp³-hybridized carbons (Fsp3) is 0.143. The van der Waals surface area contributed by atoms with E-state index in [0.29, 0.717) is 5.69 Å². The lowest BCUT2D eigenvalue weighted by Gasteiger charge is -2.12. The molecular weight excluding hydrogens is 310 g/mol. The maximum absolute atomic E-state index is 11.9. The average Bonchev–Trinajstić information content (AvgIpc) is 2.38. The Morgan fingerprint density at radius 2 is 1.43 bits per heavy atom. The van der Waals surface area contributed by atoms with Crippen LogP contribution in [0.1, 0.15) is 0 Å². The Morgan fingerprint density at radius 3 is 1.95 bits per heavy atom. The summed E-state index contributed by atoms with van der Waals surface area (Å²) in [7, 11) is -7.03. The van der Waals surface area contributed by atoms with E-state index in [4.69, 9.17) is 0 Å². The Morgan fingerprint density at radius 1 is 0.810 bits per heavy atom. The van der Waals surface area contributed by atoms with E-state index in [1.807, 2.05) is 18.2 Å². The molecule has 0 amide bonds. The molecule has 7 heteroatoms. The Bertz CT molecular complexity index is 857. The third kappa shape index (κ3) is 3.83. The highest BCUT2D eigenvalue weighted by Gasteiger charge is 2.18. The molecule has 0 bridgehead atoms. The van der Waals surface area contributed by atoms with Crippen molar-refractivity contribution < 1.29 is 16.8 Å². The van der Waals surface area contributed by atoms with Crippen molar-refractivity contribution in [2.24, 2.45) is 0 Å². The molecule has 0 saturated carbocycles. The molecule has 1 N–H and O–H groups in total. The summed E-state index contributed by atoms with van der Waals surface area (Å²) in [6.45, 7) is 0. The Hall–Kier alpha value is -1.86. The van der Waals surface area contributed by atoms with Gasteiger partial charge in [0.05, 0.1) is 15.5 Å². The number of anilines is 2. The standard InChI is InChI=1S/C14H15NO4S2/c1-20(16,17)12-8-9-13(14(10-12)21(2,18)19)15-11-6-4-3-5-7-11/h3-10,15H,1-2H3. The van der Waals surface area contributed by atoms with E-state index in [2.05, 4.69) is 5.32 Å². The molecule has 112 valence electrons. The zero-order valence-corrected chi connectivity index (χ0v) is 13.2. The molecular formula is C14H15NO4S2. The first-order valence-corrected chi connectivity index (χ1v) is 9.82. The smallest absolute Gasteiger partial charge is 0.177 e. The van der Waals surface area contributed by atoms with Gasteiger partial charge < -0.3 is 5.32 Å². The molecule has 2 aromatic carbocycles. The third-order valence-corrected chi connectivity index (χ3v) is 5.08. The summed E-state index contributed by atoms with van der Waals surface area (Å²) in [6, 6.07) is 13.1. The minimum absolute atomic E-state index is 0.0264. The number of hydrogen-bond donors (Lipinski definition) is 1. The summed E-state index contributed by atoms with van der Waals surface area (Å²) in [5.41, 5.74) is 1.06. The second-order valence-corrected chi connectivity index (χ2v) is 8.69. The number of nitrogens with one attached hydrogen (secondary N) is 1. The molecule has 0 heterocycles. The van der Waals surface area contributed by atoms with Crippen molar-refractivity contribution in [3.8, 4) is 0 Å². The molecule has 2 rings (SSSR count). The van der Waals surface area contributed by atoms with Gasteiger partial charge in [0, 0.05) is 18.2 Å². The predicted octanol–water partition coefficient (Wildman–Crippen LogP) is 2.24. The molecule has 0 spiro atoms. The highest BCUT2D eigenvalue weighted by molar-refractivity contribution is 7.91. The number of hydrogen-bond acceptors (Lipinski definition) is 5. The van der Waals surface area contributed by atoms with Gasteiger partial charge in [0.1, 0.15) is 0 Å². The van der Waals surface area contributed by atoms with Crippen LogP contribution in [0.15, 0.2) is 58.3 Å². The summed E-state index contributed by atoms with van der Waals surface area (Å²) < 4.78 is 46.9. The van der Waals surface area contributed by atoms with Crippen LogP contribution in [0.3, 0.4) is 0 Å². The van der Waals surface area contributed by atoms with E-state index in [1.165, 1.54) is 18.2 Å². The van der Waals surface area contributed by atoms with E-state index in [0.717, 1.165) is 18.2 Å². The highest BCUT2D eigenvalue weighted by Crippen LogP contribution is 2.27. The van der Waals surface area contributed by atoms with Gasteiger partial charge in [-0.25, -0.2) is 16.8 Å². The first-order chi connectivity index (χ1) is 9.68. The summed E-state index contributed by atoms with van der Waals surface area (Å²) >= 11 is 0. The SMILES string of the molecule is CS(=O)(=O)c1ccc(Nc2ccccc2)c(S(C)(=O)=O)c1. The van der Waals surface area contributed by atoms with Gasteiger partial charge in [-0.2, -0.15) is 0 Å². The van der Waals surface area contributed by atoms with Gasteiger partial charge in [0.25, 0.3) is 0 Å². The maximum atomic E-state index is 11.9. The molecule has 2 aromatic rings. The van der Waals surface area contributed by atoms with Gasteiger partial charge in [-0.05, 0) is 30.3 Å². The van der Waals surface area contributed by atoms with Crippen molar-refractivity contribution in [2.45, 2.75) is 9.79 Å². The second kappa shape index (κ2) is 5.50. The quantitative estimate of drug-likeness (QED) is 0.932. The van der Waals surface area contributed by atoms with Gasteiger partial charge in [-0.1, -0.05) is 18.2 Å². The largest absolute Gasteiger partial charge is 0.354 e. The summed E-state index contributed by atoms with van der Waals surface area (Å²) in [6.07, 6.45) is 2.09. The minimum Gasteiger partial charge on any atom is -0.354 e. The predicted molar refractivity (Wildman–Crippen MR) is 82.4 cm³/mol. The van der Waals surface area contributed by atoms with E-state index in [9.17, 15) is 16.8 Å². The number of para-hydroxylation sites is 1. The van der Waals surface area contributed by atoms with Crippen LogP contribution in [0, 0.1) is 0 Å². The highest BCUT2D eigenvalue weighted by atomic mass is 32.2. The first-order valence-electron chi connectivity index (χ1n) is 6.04. The van der Waals surface area contributed by atoms with E-state index >= 15 is 0 Å². The van der Waals surface area contributed by atoms with Crippen molar-refractivity contribution in [3.05, 3.63) is 48.5 Å². The van der Waals surface area contributed by atoms with Gasteiger partial charge in [-0.3, -0.25) is 0 Å². The summed E-state index contributed by atoms with van der Waals surface area (Å²) in [4.78, 5) is -0.0733. The lowest BCUT2D eigenvalue weighted by Crippen LogP contribution is -2.06. The zero-order chi connectivity index (χ0) is 15.7. The summed E-state index contributed by atoms with van der Waals surface area (Å²) in [5.74, 6) is 0. The van der Waals surface area contributed by atoms with Gasteiger partial charge >= 0.3 is 0 Å². The topological polar surface area (TPSA) is 80.3 Å². The molecule has 0 atom stereocenters. The zero-order valence-electron chi connectivity index (χ0n) is 11.6. The van der Waals surface area contributed by atoms with E-state index in [-0.39, 0.29) is 9.79 Å². The fourth-order valence-electron chi connectivity index (χ4n) is 1.82. The molecule has 0 aliphatic carbocycles. The van der Waals surface area contributed by atoms with E-state index < -0.39 is 19.7 Å². The van der Waals surface area contributed by atoms with E-state index in [1.54, 1.807) is 12.1 Å². The monoisotopic (exact) mass is 325 g/mol. The molecule has 0 saturated heterocycles. The van der Waals surface area contributed by atoms with Crippen LogP contribution in [0.5, 0.6) is 0 Å².